The second kappa shape index (κ2) is 9.92. The number of hydrogen-bond donors (Lipinski definition) is 0. The minimum absolute atomic E-state index is 0.00829. The molecule has 0 saturated carbocycles. The molecule has 0 aliphatic carbocycles. The molecule has 6 nitrogen and oxygen atoms in total. The van der Waals surface area contributed by atoms with Crippen LogP contribution in [0.1, 0.15) is 51.0 Å². The van der Waals surface area contributed by atoms with Crippen LogP contribution < -0.4 is 9.47 Å². The van der Waals surface area contributed by atoms with Gasteiger partial charge in [0, 0.05) is 31.0 Å². The third kappa shape index (κ3) is 4.85. The van der Waals surface area contributed by atoms with E-state index in [2.05, 4.69) is 11.8 Å². The molecule has 0 N–H and O–H groups in total. The van der Waals surface area contributed by atoms with Crippen LogP contribution in [-0.2, 0) is 16.0 Å². The van der Waals surface area contributed by atoms with Gasteiger partial charge in [-0.15, -0.1) is 0 Å². The van der Waals surface area contributed by atoms with E-state index in [-0.39, 0.29) is 11.8 Å². The fourth-order valence-corrected chi connectivity index (χ4v) is 4.19. The zero-order valence-electron chi connectivity index (χ0n) is 17.1. The number of imide groups is 1. The molecule has 2 aliphatic heterocycles. The van der Waals surface area contributed by atoms with Gasteiger partial charge in [-0.2, -0.15) is 0 Å². The Labute approximate surface area is 167 Å². The molecule has 2 aliphatic rings. The molecule has 2 amide bonds. The Bertz CT molecular complexity index is 661. The highest BCUT2D eigenvalue weighted by atomic mass is 16.5. The number of carbonyl (C=O) groups is 2. The highest BCUT2D eigenvalue weighted by Crippen LogP contribution is 2.34. The maximum absolute atomic E-state index is 11.9. The Balaban J connectivity index is 1.53. The van der Waals surface area contributed by atoms with E-state index in [4.69, 9.17) is 9.47 Å². The average molecular weight is 389 g/mol. The molecule has 154 valence electrons. The van der Waals surface area contributed by atoms with Crippen molar-refractivity contribution >= 4 is 11.8 Å². The fourth-order valence-electron chi connectivity index (χ4n) is 4.19. The van der Waals surface area contributed by atoms with Crippen molar-refractivity contribution in [3.63, 3.8) is 0 Å². The Morgan fingerprint density at radius 1 is 1.18 bits per heavy atom. The van der Waals surface area contributed by atoms with Gasteiger partial charge in [-0.3, -0.25) is 19.4 Å². The van der Waals surface area contributed by atoms with Crippen LogP contribution in [0.15, 0.2) is 18.2 Å². The lowest BCUT2D eigenvalue weighted by atomic mass is 9.99. The van der Waals surface area contributed by atoms with Crippen molar-refractivity contribution in [3.8, 4) is 11.5 Å². The van der Waals surface area contributed by atoms with E-state index in [1.807, 2.05) is 18.2 Å². The Hall–Kier alpha value is -2.08. The SMILES string of the molecule is CCCN(CCCCN1C(=O)CCCC1=O)C1COc2cccc(OC)c2C1. The summed E-state index contributed by atoms with van der Waals surface area (Å²) < 4.78 is 11.5. The number of rotatable bonds is 9. The van der Waals surface area contributed by atoms with E-state index in [9.17, 15) is 9.59 Å². The third-order valence-corrected chi connectivity index (χ3v) is 5.67. The van der Waals surface area contributed by atoms with Crippen LogP contribution >= 0.6 is 0 Å². The molecular weight excluding hydrogens is 356 g/mol. The van der Waals surface area contributed by atoms with Crippen molar-refractivity contribution in [1.29, 1.82) is 0 Å². The van der Waals surface area contributed by atoms with Gasteiger partial charge >= 0.3 is 0 Å². The van der Waals surface area contributed by atoms with E-state index in [1.54, 1.807) is 7.11 Å². The lowest BCUT2D eigenvalue weighted by Gasteiger charge is -2.35. The largest absolute Gasteiger partial charge is 0.496 e. The van der Waals surface area contributed by atoms with Crippen LogP contribution in [0.5, 0.6) is 11.5 Å². The van der Waals surface area contributed by atoms with Gasteiger partial charge in [-0.05, 0) is 57.3 Å². The molecule has 6 heteroatoms. The number of nitrogens with zero attached hydrogens (tertiary/aromatic N) is 2. The summed E-state index contributed by atoms with van der Waals surface area (Å²) in [7, 11) is 1.70. The highest BCUT2D eigenvalue weighted by molar-refractivity contribution is 5.97. The van der Waals surface area contributed by atoms with Crippen molar-refractivity contribution in [1.82, 2.24) is 9.80 Å². The number of methoxy groups -OCH3 is 1. The number of hydrogen-bond acceptors (Lipinski definition) is 5. The van der Waals surface area contributed by atoms with Gasteiger partial charge in [0.05, 0.1) is 7.11 Å². The van der Waals surface area contributed by atoms with Crippen LogP contribution in [0.2, 0.25) is 0 Å². The Morgan fingerprint density at radius 2 is 1.96 bits per heavy atom. The smallest absolute Gasteiger partial charge is 0.229 e. The maximum Gasteiger partial charge on any atom is 0.229 e. The molecule has 0 radical (unpaired) electrons. The molecule has 1 aromatic rings. The summed E-state index contributed by atoms with van der Waals surface area (Å²) in [6.07, 6.45) is 5.53. The fraction of sp³-hybridized carbons (Fsp3) is 0.636. The van der Waals surface area contributed by atoms with Crippen molar-refractivity contribution < 1.29 is 19.1 Å². The summed E-state index contributed by atoms with van der Waals surface area (Å²) in [5.41, 5.74) is 1.15. The average Bonchev–Trinajstić information content (AvgIpc) is 2.71. The number of piperidine rings is 1. The number of amides is 2. The molecule has 1 unspecified atom stereocenters. The molecule has 0 bridgehead atoms. The van der Waals surface area contributed by atoms with E-state index in [0.29, 0.717) is 38.5 Å². The molecule has 28 heavy (non-hydrogen) atoms. The first-order valence-corrected chi connectivity index (χ1v) is 10.5. The molecule has 3 rings (SSSR count). The Kier molecular flexibility index (Phi) is 7.31. The summed E-state index contributed by atoms with van der Waals surface area (Å²) >= 11 is 0. The highest BCUT2D eigenvalue weighted by Gasteiger charge is 2.28. The van der Waals surface area contributed by atoms with Gasteiger partial charge in [-0.1, -0.05) is 13.0 Å². The summed E-state index contributed by atoms with van der Waals surface area (Å²) in [6.45, 7) is 5.39. The summed E-state index contributed by atoms with van der Waals surface area (Å²) in [5, 5.41) is 0. The van der Waals surface area contributed by atoms with Gasteiger partial charge < -0.3 is 9.47 Å². The number of likely N-dealkylation sites (tertiary alicyclic amines) is 1. The lowest BCUT2D eigenvalue weighted by molar-refractivity contribution is -0.148. The van der Waals surface area contributed by atoms with Crippen LogP contribution in [-0.4, -0.2) is 61.0 Å². The Morgan fingerprint density at radius 3 is 2.68 bits per heavy atom. The van der Waals surface area contributed by atoms with Gasteiger partial charge in [0.2, 0.25) is 11.8 Å². The number of fused-ring (bicyclic) bond motifs is 1. The maximum atomic E-state index is 11.9. The second-order valence-corrected chi connectivity index (χ2v) is 7.64. The molecule has 0 spiro atoms. The third-order valence-electron chi connectivity index (χ3n) is 5.67. The number of unbranched alkanes of at least 4 members (excludes halogenated alkanes) is 1. The first kappa shape index (κ1) is 20.6. The summed E-state index contributed by atoms with van der Waals surface area (Å²) in [6, 6.07) is 6.28. The summed E-state index contributed by atoms with van der Waals surface area (Å²) in [4.78, 5) is 27.8. The molecule has 1 aromatic carbocycles. The molecule has 1 saturated heterocycles. The van der Waals surface area contributed by atoms with Crippen LogP contribution in [0.4, 0.5) is 0 Å². The standard InChI is InChI=1S/C22H32N2O4/c1-3-12-23(13-4-5-14-24-21(25)10-7-11-22(24)26)17-15-18-19(27-2)8-6-9-20(18)28-16-17/h6,8-9,17H,3-5,7,10-16H2,1-2H3. The zero-order chi connectivity index (χ0) is 19.9. The molecular formula is C22H32N2O4. The minimum atomic E-state index is -0.00829. The number of carbonyl (C=O) groups excluding carboxylic acids is 2. The van der Waals surface area contributed by atoms with Gasteiger partial charge in [-0.25, -0.2) is 0 Å². The lowest BCUT2D eigenvalue weighted by Crippen LogP contribution is -2.44. The van der Waals surface area contributed by atoms with E-state index in [0.717, 1.165) is 55.8 Å². The topological polar surface area (TPSA) is 59.1 Å². The predicted octanol–water partition coefficient (Wildman–Crippen LogP) is 3.03. The predicted molar refractivity (Wildman–Crippen MR) is 108 cm³/mol. The van der Waals surface area contributed by atoms with E-state index in [1.165, 1.54) is 4.90 Å². The first-order chi connectivity index (χ1) is 13.6. The number of benzene rings is 1. The monoisotopic (exact) mass is 388 g/mol. The first-order valence-electron chi connectivity index (χ1n) is 10.5. The van der Waals surface area contributed by atoms with Crippen LogP contribution in [0, 0.1) is 0 Å². The number of ether oxygens (including phenoxy) is 2. The van der Waals surface area contributed by atoms with Crippen LogP contribution in [0.3, 0.4) is 0 Å². The zero-order valence-corrected chi connectivity index (χ0v) is 17.1. The normalized spacial score (nSPS) is 19.5. The molecule has 2 heterocycles. The quantitative estimate of drug-likeness (QED) is 0.481. The van der Waals surface area contributed by atoms with E-state index < -0.39 is 0 Å². The minimum Gasteiger partial charge on any atom is -0.496 e. The van der Waals surface area contributed by atoms with E-state index >= 15 is 0 Å². The van der Waals surface area contributed by atoms with Crippen molar-refractivity contribution in [2.45, 2.75) is 57.9 Å². The van der Waals surface area contributed by atoms with Crippen molar-refractivity contribution in [3.05, 3.63) is 23.8 Å². The van der Waals surface area contributed by atoms with Crippen molar-refractivity contribution in [2.75, 3.05) is 33.4 Å². The molecule has 1 atom stereocenters. The van der Waals surface area contributed by atoms with Gasteiger partial charge in [0.15, 0.2) is 0 Å². The molecule has 1 fully saturated rings. The van der Waals surface area contributed by atoms with Crippen molar-refractivity contribution in [2.24, 2.45) is 0 Å². The second-order valence-electron chi connectivity index (χ2n) is 7.64. The summed E-state index contributed by atoms with van der Waals surface area (Å²) in [5.74, 6) is 1.80. The molecule has 0 aromatic heterocycles. The van der Waals surface area contributed by atoms with Gasteiger partial charge in [0.1, 0.15) is 18.1 Å². The van der Waals surface area contributed by atoms with Gasteiger partial charge in [0.25, 0.3) is 0 Å². The van der Waals surface area contributed by atoms with Crippen LogP contribution in [0.25, 0.3) is 0 Å².